The number of nitrogens with one attached hydrogen (secondary N) is 2. The molecule has 10 heteroatoms. The number of fused-ring (bicyclic) bond motifs is 1. The number of carbonyl (C=O) groups excluding carboxylic acids is 3. The van der Waals surface area contributed by atoms with Crippen LogP contribution in [0.5, 0.6) is 5.75 Å². The molecular weight excluding hydrogens is 446 g/mol. The lowest BCUT2D eigenvalue weighted by Gasteiger charge is -2.37. The summed E-state index contributed by atoms with van der Waals surface area (Å²) in [5.41, 5.74) is -0.576. The molecule has 0 bridgehead atoms. The molecule has 34 heavy (non-hydrogen) atoms. The van der Waals surface area contributed by atoms with E-state index in [0.717, 1.165) is 12.1 Å². The molecule has 1 aromatic rings. The van der Waals surface area contributed by atoms with E-state index in [9.17, 15) is 23.2 Å². The molecule has 0 radical (unpaired) electrons. The van der Waals surface area contributed by atoms with Gasteiger partial charge in [0, 0.05) is 19.5 Å². The number of amides is 3. The SMILES string of the molecule is CN[C@@H](C)C(=O)N[C@H](C(=O)N1CC[C@@H]2C1[C@@H](Oc1ccc(F)c(F)c1)CN2C(C)=O)C(C)(C)C. The summed E-state index contributed by atoms with van der Waals surface area (Å²) in [5.74, 6) is -2.61. The minimum atomic E-state index is -1.04. The number of hydrogen-bond donors (Lipinski definition) is 2. The van der Waals surface area contributed by atoms with Crippen LogP contribution in [-0.4, -0.2) is 77.9 Å². The minimum absolute atomic E-state index is 0.121. The highest BCUT2D eigenvalue weighted by Crippen LogP contribution is 2.36. The third-order valence-electron chi connectivity index (χ3n) is 6.67. The quantitative estimate of drug-likeness (QED) is 0.647. The monoisotopic (exact) mass is 480 g/mol. The molecule has 0 aliphatic carbocycles. The van der Waals surface area contributed by atoms with Gasteiger partial charge >= 0.3 is 0 Å². The molecule has 0 saturated carbocycles. The zero-order valence-electron chi connectivity index (χ0n) is 20.5. The summed E-state index contributed by atoms with van der Waals surface area (Å²) >= 11 is 0. The maximum atomic E-state index is 13.8. The average molecular weight is 481 g/mol. The van der Waals surface area contributed by atoms with E-state index in [-0.39, 0.29) is 36.1 Å². The molecule has 2 saturated heterocycles. The van der Waals surface area contributed by atoms with Crippen LogP contribution in [0.1, 0.15) is 41.0 Å². The van der Waals surface area contributed by atoms with Gasteiger partial charge in [-0.3, -0.25) is 14.4 Å². The van der Waals surface area contributed by atoms with Gasteiger partial charge in [0.25, 0.3) is 0 Å². The number of nitrogens with zero attached hydrogens (tertiary/aromatic N) is 2. The Hall–Kier alpha value is -2.75. The Morgan fingerprint density at radius 3 is 2.38 bits per heavy atom. The predicted molar refractivity (Wildman–Crippen MR) is 122 cm³/mol. The first-order valence-electron chi connectivity index (χ1n) is 11.5. The zero-order chi connectivity index (χ0) is 25.4. The molecule has 188 valence electrons. The van der Waals surface area contributed by atoms with Gasteiger partial charge in [-0.05, 0) is 37.9 Å². The largest absolute Gasteiger partial charge is 0.486 e. The third kappa shape index (κ3) is 5.16. The second-order valence-electron chi connectivity index (χ2n) is 10.1. The predicted octanol–water partition coefficient (Wildman–Crippen LogP) is 1.68. The van der Waals surface area contributed by atoms with Crippen molar-refractivity contribution < 1.29 is 27.9 Å². The first-order chi connectivity index (χ1) is 15.8. The molecule has 8 nitrogen and oxygen atoms in total. The van der Waals surface area contributed by atoms with Crippen molar-refractivity contribution in [2.75, 3.05) is 20.1 Å². The fraction of sp³-hybridized carbons (Fsp3) is 0.625. The highest BCUT2D eigenvalue weighted by Gasteiger charge is 2.54. The Bertz CT molecular complexity index is 951. The van der Waals surface area contributed by atoms with Gasteiger partial charge in [-0.15, -0.1) is 0 Å². The topological polar surface area (TPSA) is 91.0 Å². The first kappa shape index (κ1) is 25.9. The number of halogens is 2. The van der Waals surface area contributed by atoms with Gasteiger partial charge in [-0.2, -0.15) is 0 Å². The van der Waals surface area contributed by atoms with Gasteiger partial charge in [-0.1, -0.05) is 20.8 Å². The highest BCUT2D eigenvalue weighted by atomic mass is 19.2. The smallest absolute Gasteiger partial charge is 0.246 e. The van der Waals surface area contributed by atoms with Gasteiger partial charge in [0.2, 0.25) is 17.7 Å². The fourth-order valence-electron chi connectivity index (χ4n) is 4.69. The van der Waals surface area contributed by atoms with E-state index in [1.165, 1.54) is 13.0 Å². The maximum absolute atomic E-state index is 13.8. The molecular formula is C24H34F2N4O4. The number of hydrogen-bond acceptors (Lipinski definition) is 5. The van der Waals surface area contributed by atoms with E-state index < -0.39 is 41.3 Å². The number of rotatable bonds is 6. The fourth-order valence-corrected chi connectivity index (χ4v) is 4.69. The normalized spacial score (nSPS) is 23.9. The lowest BCUT2D eigenvalue weighted by atomic mass is 9.85. The van der Waals surface area contributed by atoms with Crippen molar-refractivity contribution in [1.29, 1.82) is 0 Å². The van der Waals surface area contributed by atoms with E-state index in [1.807, 2.05) is 20.8 Å². The van der Waals surface area contributed by atoms with Crippen LogP contribution in [0.3, 0.4) is 0 Å². The molecule has 2 aliphatic heterocycles. The van der Waals surface area contributed by atoms with Crippen molar-refractivity contribution in [3.63, 3.8) is 0 Å². The maximum Gasteiger partial charge on any atom is 0.246 e. The second kappa shape index (κ2) is 9.85. The zero-order valence-corrected chi connectivity index (χ0v) is 20.5. The third-order valence-corrected chi connectivity index (χ3v) is 6.67. The summed E-state index contributed by atoms with van der Waals surface area (Å²) in [5, 5.41) is 5.74. The number of carbonyl (C=O) groups is 3. The number of likely N-dealkylation sites (tertiary alicyclic amines) is 2. The van der Waals surface area contributed by atoms with Gasteiger partial charge in [-0.25, -0.2) is 8.78 Å². The van der Waals surface area contributed by atoms with Gasteiger partial charge in [0.15, 0.2) is 11.6 Å². The van der Waals surface area contributed by atoms with Crippen LogP contribution in [0.25, 0.3) is 0 Å². The summed E-state index contributed by atoms with van der Waals surface area (Å²) < 4.78 is 33.1. The minimum Gasteiger partial charge on any atom is -0.486 e. The van der Waals surface area contributed by atoms with E-state index in [0.29, 0.717) is 13.0 Å². The second-order valence-corrected chi connectivity index (χ2v) is 10.1. The molecule has 5 atom stereocenters. The Kier molecular flexibility index (Phi) is 7.50. The van der Waals surface area contributed by atoms with E-state index in [1.54, 1.807) is 23.8 Å². The van der Waals surface area contributed by atoms with Gasteiger partial charge in [0.05, 0.1) is 24.7 Å². The van der Waals surface area contributed by atoms with Gasteiger partial charge < -0.3 is 25.2 Å². The van der Waals surface area contributed by atoms with E-state index in [4.69, 9.17) is 4.74 Å². The number of likely N-dealkylation sites (N-methyl/N-ethyl adjacent to an activating group) is 1. The van der Waals surface area contributed by atoms with Crippen molar-refractivity contribution in [2.45, 2.75) is 71.3 Å². The van der Waals surface area contributed by atoms with Crippen molar-refractivity contribution in [3.05, 3.63) is 29.8 Å². The molecule has 1 unspecified atom stereocenters. The molecule has 2 heterocycles. The first-order valence-corrected chi connectivity index (χ1v) is 11.5. The lowest BCUT2D eigenvalue weighted by molar-refractivity contribution is -0.141. The van der Waals surface area contributed by atoms with E-state index >= 15 is 0 Å². The summed E-state index contributed by atoms with van der Waals surface area (Å²) in [6, 6.07) is 1.24. The average Bonchev–Trinajstić information content (AvgIpc) is 3.34. The molecule has 2 fully saturated rings. The summed E-state index contributed by atoms with van der Waals surface area (Å²) in [6.45, 7) is 9.39. The van der Waals surface area contributed by atoms with Crippen LogP contribution in [0.15, 0.2) is 18.2 Å². The molecule has 2 N–H and O–H groups in total. The van der Waals surface area contributed by atoms with Crippen molar-refractivity contribution in [3.8, 4) is 5.75 Å². The molecule has 0 spiro atoms. The van der Waals surface area contributed by atoms with Gasteiger partial charge in [0.1, 0.15) is 17.9 Å². The Morgan fingerprint density at radius 1 is 1.15 bits per heavy atom. The number of benzene rings is 1. The Morgan fingerprint density at radius 2 is 1.82 bits per heavy atom. The van der Waals surface area contributed by atoms with Crippen molar-refractivity contribution >= 4 is 17.7 Å². The van der Waals surface area contributed by atoms with Crippen LogP contribution < -0.4 is 15.4 Å². The van der Waals surface area contributed by atoms with Crippen LogP contribution >= 0.6 is 0 Å². The van der Waals surface area contributed by atoms with Crippen LogP contribution in [0.2, 0.25) is 0 Å². The summed E-state index contributed by atoms with van der Waals surface area (Å²) in [4.78, 5) is 42.0. The standard InChI is InChI=1S/C24H34F2N4O4/c1-13(27-6)22(32)28-21(24(3,4)5)23(33)29-10-9-18-20(29)19(12-30(18)14(2)31)34-15-7-8-16(25)17(26)11-15/h7-8,11,13,18-21,27H,9-10,12H2,1-6H3,(H,28,32)/t13-,18+,19-,20?,21+/m0/s1. The molecule has 3 amide bonds. The van der Waals surface area contributed by atoms with Crippen molar-refractivity contribution in [2.24, 2.45) is 5.41 Å². The molecule has 0 aromatic heterocycles. The van der Waals surface area contributed by atoms with Crippen LogP contribution in [0, 0.1) is 17.0 Å². The molecule has 1 aromatic carbocycles. The molecule has 3 rings (SSSR count). The van der Waals surface area contributed by atoms with Crippen molar-refractivity contribution in [1.82, 2.24) is 20.4 Å². The Balaban J connectivity index is 1.89. The number of ether oxygens (including phenoxy) is 1. The Labute approximate surface area is 199 Å². The summed E-state index contributed by atoms with van der Waals surface area (Å²) in [6.07, 6.45) is -0.0662. The molecule has 2 aliphatic rings. The highest BCUT2D eigenvalue weighted by molar-refractivity contribution is 5.90. The van der Waals surface area contributed by atoms with Crippen LogP contribution in [-0.2, 0) is 14.4 Å². The lowest BCUT2D eigenvalue weighted by Crippen LogP contribution is -2.59. The van der Waals surface area contributed by atoms with Crippen LogP contribution in [0.4, 0.5) is 8.78 Å². The summed E-state index contributed by atoms with van der Waals surface area (Å²) in [7, 11) is 1.67. The van der Waals surface area contributed by atoms with E-state index in [2.05, 4.69) is 10.6 Å².